The van der Waals surface area contributed by atoms with E-state index in [-0.39, 0.29) is 10.6 Å². The Labute approximate surface area is 90.1 Å². The molecular weight excluding hydrogens is 254 g/mol. The predicted octanol–water partition coefficient (Wildman–Crippen LogP) is 2.58. The molecule has 0 aromatic carbocycles. The highest BCUT2D eigenvalue weighted by atomic mass is 79.9. The van der Waals surface area contributed by atoms with E-state index < -0.39 is 11.6 Å². The third kappa shape index (κ3) is 2.90. The molecule has 1 rings (SSSR count). The molecule has 0 aliphatic rings. The number of pyridine rings is 1. The highest BCUT2D eigenvalue weighted by Gasteiger charge is 2.11. The van der Waals surface area contributed by atoms with E-state index in [4.69, 9.17) is 0 Å². The SMILES string of the molecule is CC(Br)CN(C)c1ncc(F)cc1F. The van der Waals surface area contributed by atoms with Gasteiger partial charge in [0.05, 0.1) is 6.20 Å². The number of nitrogens with zero attached hydrogens (tertiary/aromatic N) is 2. The van der Waals surface area contributed by atoms with E-state index in [2.05, 4.69) is 20.9 Å². The molecule has 0 saturated heterocycles. The zero-order chi connectivity index (χ0) is 10.7. The lowest BCUT2D eigenvalue weighted by atomic mass is 10.3. The van der Waals surface area contributed by atoms with E-state index in [0.29, 0.717) is 6.54 Å². The Bertz CT molecular complexity index is 318. The molecule has 0 bridgehead atoms. The molecule has 5 heteroatoms. The predicted molar refractivity (Wildman–Crippen MR) is 55.8 cm³/mol. The van der Waals surface area contributed by atoms with Crippen molar-refractivity contribution < 1.29 is 8.78 Å². The molecule has 0 fully saturated rings. The summed E-state index contributed by atoms with van der Waals surface area (Å²) in [6.45, 7) is 2.55. The average Bonchev–Trinajstić information content (AvgIpc) is 2.01. The van der Waals surface area contributed by atoms with Crippen LogP contribution >= 0.6 is 15.9 Å². The maximum atomic E-state index is 13.2. The van der Waals surface area contributed by atoms with Gasteiger partial charge in [0.1, 0.15) is 5.82 Å². The smallest absolute Gasteiger partial charge is 0.168 e. The third-order valence-corrected chi connectivity index (χ3v) is 1.96. The van der Waals surface area contributed by atoms with Crippen LogP contribution in [0.5, 0.6) is 0 Å². The molecule has 78 valence electrons. The van der Waals surface area contributed by atoms with Crippen molar-refractivity contribution in [3.8, 4) is 0 Å². The van der Waals surface area contributed by atoms with Gasteiger partial charge in [0.2, 0.25) is 0 Å². The van der Waals surface area contributed by atoms with Crippen molar-refractivity contribution in [1.29, 1.82) is 0 Å². The molecule has 1 unspecified atom stereocenters. The van der Waals surface area contributed by atoms with Crippen LogP contribution in [-0.2, 0) is 0 Å². The monoisotopic (exact) mass is 264 g/mol. The van der Waals surface area contributed by atoms with E-state index in [1.54, 1.807) is 11.9 Å². The first-order valence-electron chi connectivity index (χ1n) is 4.17. The summed E-state index contributed by atoms with van der Waals surface area (Å²) >= 11 is 3.35. The molecule has 0 radical (unpaired) electrons. The summed E-state index contributed by atoms with van der Waals surface area (Å²) in [7, 11) is 1.71. The third-order valence-electron chi connectivity index (χ3n) is 1.68. The fourth-order valence-corrected chi connectivity index (χ4v) is 1.59. The minimum absolute atomic E-state index is 0.165. The number of alkyl halides is 1. The van der Waals surface area contributed by atoms with E-state index >= 15 is 0 Å². The Morgan fingerprint density at radius 1 is 1.57 bits per heavy atom. The summed E-state index contributed by atoms with van der Waals surface area (Å²) in [5.74, 6) is -1.13. The number of rotatable bonds is 3. The Morgan fingerprint density at radius 2 is 2.21 bits per heavy atom. The molecule has 0 aliphatic heterocycles. The molecule has 0 amide bonds. The van der Waals surface area contributed by atoms with Gasteiger partial charge in [0.15, 0.2) is 11.6 Å². The molecule has 1 heterocycles. The van der Waals surface area contributed by atoms with Crippen molar-refractivity contribution in [3.63, 3.8) is 0 Å². The topological polar surface area (TPSA) is 16.1 Å². The summed E-state index contributed by atoms with van der Waals surface area (Å²) in [6.07, 6.45) is 1.01. The van der Waals surface area contributed by atoms with Crippen LogP contribution in [0.2, 0.25) is 0 Å². The number of hydrogen-bond acceptors (Lipinski definition) is 2. The molecule has 0 aliphatic carbocycles. The first-order valence-corrected chi connectivity index (χ1v) is 5.08. The Hall–Kier alpha value is -0.710. The van der Waals surface area contributed by atoms with Gasteiger partial charge in [0.25, 0.3) is 0 Å². The van der Waals surface area contributed by atoms with Gasteiger partial charge in [-0.25, -0.2) is 13.8 Å². The van der Waals surface area contributed by atoms with Crippen molar-refractivity contribution in [2.75, 3.05) is 18.5 Å². The van der Waals surface area contributed by atoms with Crippen molar-refractivity contribution in [2.24, 2.45) is 0 Å². The van der Waals surface area contributed by atoms with Gasteiger partial charge in [-0.1, -0.05) is 22.9 Å². The maximum Gasteiger partial charge on any atom is 0.168 e. The zero-order valence-corrected chi connectivity index (χ0v) is 9.55. The van der Waals surface area contributed by atoms with Crippen molar-refractivity contribution >= 4 is 21.7 Å². The quantitative estimate of drug-likeness (QED) is 0.781. The summed E-state index contributed by atoms with van der Waals surface area (Å²) in [5.41, 5.74) is 0. The first-order chi connectivity index (χ1) is 6.50. The molecule has 0 N–H and O–H groups in total. The lowest BCUT2D eigenvalue weighted by Gasteiger charge is -2.19. The van der Waals surface area contributed by atoms with Gasteiger partial charge in [-0.15, -0.1) is 0 Å². The molecule has 0 saturated carbocycles. The molecule has 0 spiro atoms. The summed E-state index contributed by atoms with van der Waals surface area (Å²) in [4.78, 5) is 5.54. The second-order valence-corrected chi connectivity index (χ2v) is 4.68. The van der Waals surface area contributed by atoms with Gasteiger partial charge < -0.3 is 4.90 Å². The van der Waals surface area contributed by atoms with Crippen LogP contribution in [0, 0.1) is 11.6 Å². The zero-order valence-electron chi connectivity index (χ0n) is 7.97. The minimum Gasteiger partial charge on any atom is -0.356 e. The molecule has 1 aromatic heterocycles. The Morgan fingerprint density at radius 3 is 2.71 bits per heavy atom. The van der Waals surface area contributed by atoms with E-state index in [1.165, 1.54) is 0 Å². The van der Waals surface area contributed by atoms with E-state index in [9.17, 15) is 8.78 Å². The van der Waals surface area contributed by atoms with E-state index in [0.717, 1.165) is 12.3 Å². The number of anilines is 1. The second-order valence-electron chi connectivity index (χ2n) is 3.12. The normalized spacial score (nSPS) is 12.6. The highest BCUT2D eigenvalue weighted by Crippen LogP contribution is 2.16. The van der Waals surface area contributed by atoms with Crippen LogP contribution in [0.25, 0.3) is 0 Å². The lowest BCUT2D eigenvalue weighted by molar-refractivity contribution is 0.570. The average molecular weight is 265 g/mol. The van der Waals surface area contributed by atoms with Crippen LogP contribution < -0.4 is 4.90 Å². The van der Waals surface area contributed by atoms with Crippen molar-refractivity contribution in [3.05, 3.63) is 23.9 Å². The Kier molecular flexibility index (Phi) is 3.80. The van der Waals surface area contributed by atoms with Crippen molar-refractivity contribution in [1.82, 2.24) is 4.98 Å². The van der Waals surface area contributed by atoms with Gasteiger partial charge in [-0.3, -0.25) is 0 Å². The second kappa shape index (κ2) is 4.68. The molecule has 1 atom stereocenters. The molecular formula is C9H11BrF2N2. The van der Waals surface area contributed by atoms with Crippen LogP contribution in [0.3, 0.4) is 0 Å². The number of aromatic nitrogens is 1. The summed E-state index contributed by atoms with van der Waals surface area (Å²) < 4.78 is 25.7. The minimum atomic E-state index is -0.661. The van der Waals surface area contributed by atoms with Crippen LogP contribution in [0.1, 0.15) is 6.92 Å². The van der Waals surface area contributed by atoms with Crippen LogP contribution in [0.15, 0.2) is 12.3 Å². The first kappa shape index (κ1) is 11.4. The standard InChI is InChI=1S/C9H11BrF2N2/c1-6(10)5-14(2)9-8(12)3-7(11)4-13-9/h3-4,6H,5H2,1-2H3. The van der Waals surface area contributed by atoms with Crippen LogP contribution in [-0.4, -0.2) is 23.4 Å². The van der Waals surface area contributed by atoms with Gasteiger partial charge in [0, 0.05) is 24.5 Å². The lowest BCUT2D eigenvalue weighted by Crippen LogP contribution is -2.25. The van der Waals surface area contributed by atoms with Gasteiger partial charge in [-0.05, 0) is 0 Å². The maximum absolute atomic E-state index is 13.2. The summed E-state index contributed by atoms with van der Waals surface area (Å²) in [6, 6.07) is 0.831. The van der Waals surface area contributed by atoms with Gasteiger partial charge in [-0.2, -0.15) is 0 Å². The fraction of sp³-hybridized carbons (Fsp3) is 0.444. The highest BCUT2D eigenvalue weighted by molar-refractivity contribution is 9.09. The largest absolute Gasteiger partial charge is 0.356 e. The number of hydrogen-bond donors (Lipinski definition) is 0. The molecule has 14 heavy (non-hydrogen) atoms. The summed E-state index contributed by atoms with van der Waals surface area (Å²) in [5, 5.41) is 0. The van der Waals surface area contributed by atoms with Crippen molar-refractivity contribution in [2.45, 2.75) is 11.8 Å². The van der Waals surface area contributed by atoms with Crippen LogP contribution in [0.4, 0.5) is 14.6 Å². The Balaban J connectivity index is 2.84. The number of halogens is 3. The fourth-order valence-electron chi connectivity index (χ4n) is 1.15. The van der Waals surface area contributed by atoms with E-state index in [1.807, 2.05) is 6.92 Å². The van der Waals surface area contributed by atoms with Gasteiger partial charge >= 0.3 is 0 Å². The molecule has 1 aromatic rings. The molecule has 2 nitrogen and oxygen atoms in total.